The van der Waals surface area contributed by atoms with Crippen LogP contribution in [0.2, 0.25) is 10.0 Å². The largest absolute Gasteiger partial charge is 0.454 e. The second-order valence-electron chi connectivity index (χ2n) is 7.51. The van der Waals surface area contributed by atoms with Gasteiger partial charge >= 0.3 is 0 Å². The summed E-state index contributed by atoms with van der Waals surface area (Å²) in [6.45, 7) is 3.02. The molecule has 2 aliphatic heterocycles. The molecule has 1 saturated heterocycles. The first-order chi connectivity index (χ1) is 14.5. The van der Waals surface area contributed by atoms with E-state index < -0.39 is 6.04 Å². The van der Waals surface area contributed by atoms with Crippen molar-refractivity contribution in [3.05, 3.63) is 57.6 Å². The number of likely N-dealkylation sites (tertiary alicyclic amines) is 1. The number of benzene rings is 2. The summed E-state index contributed by atoms with van der Waals surface area (Å²) in [6, 6.07) is 9.93. The molecular formula is C22H22Cl2N2O4. The van der Waals surface area contributed by atoms with Gasteiger partial charge in [0.1, 0.15) is 6.04 Å². The second-order valence-corrected chi connectivity index (χ2v) is 8.32. The number of fused-ring (bicyclic) bond motifs is 1. The number of carbonyl (C=O) groups excluding carboxylic acids is 2. The topological polar surface area (TPSA) is 67.9 Å². The Balaban J connectivity index is 1.41. The van der Waals surface area contributed by atoms with Crippen molar-refractivity contribution in [3.63, 3.8) is 0 Å². The minimum Gasteiger partial charge on any atom is -0.454 e. The van der Waals surface area contributed by atoms with Crippen molar-refractivity contribution in [2.24, 2.45) is 0 Å². The minimum atomic E-state index is -0.503. The molecule has 1 N–H and O–H groups in total. The Morgan fingerprint density at radius 3 is 2.67 bits per heavy atom. The van der Waals surface area contributed by atoms with Crippen molar-refractivity contribution in [1.29, 1.82) is 0 Å². The summed E-state index contributed by atoms with van der Waals surface area (Å²) in [5, 5.41) is 4.11. The van der Waals surface area contributed by atoms with E-state index in [4.69, 9.17) is 32.7 Å². The lowest BCUT2D eigenvalue weighted by molar-refractivity contribution is -0.124. The van der Waals surface area contributed by atoms with Crippen LogP contribution in [0.5, 0.6) is 11.5 Å². The Kier molecular flexibility index (Phi) is 6.06. The van der Waals surface area contributed by atoms with Crippen LogP contribution in [0.15, 0.2) is 36.4 Å². The Bertz CT molecular complexity index is 961. The molecular weight excluding hydrogens is 427 g/mol. The number of nitrogens with one attached hydrogen (secondary N) is 1. The Labute approximate surface area is 185 Å². The first-order valence-corrected chi connectivity index (χ1v) is 10.6. The normalized spacial score (nSPS) is 18.4. The smallest absolute Gasteiger partial charge is 0.254 e. The molecule has 2 aliphatic rings. The molecule has 0 bridgehead atoms. The summed E-state index contributed by atoms with van der Waals surface area (Å²) in [5.41, 5.74) is 1.29. The highest BCUT2D eigenvalue weighted by molar-refractivity contribution is 6.36. The molecule has 158 valence electrons. The first kappa shape index (κ1) is 20.8. The number of rotatable bonds is 5. The van der Waals surface area contributed by atoms with Crippen LogP contribution in [0, 0.1) is 0 Å². The van der Waals surface area contributed by atoms with Crippen LogP contribution in [0.3, 0.4) is 0 Å². The maximum absolute atomic E-state index is 13.0. The highest BCUT2D eigenvalue weighted by atomic mass is 35.5. The van der Waals surface area contributed by atoms with Gasteiger partial charge in [0.2, 0.25) is 12.7 Å². The number of hydrogen-bond donors (Lipinski definition) is 1. The third kappa shape index (κ3) is 4.07. The zero-order chi connectivity index (χ0) is 21.3. The Morgan fingerprint density at radius 2 is 1.90 bits per heavy atom. The fourth-order valence-electron chi connectivity index (χ4n) is 3.93. The molecule has 1 fully saturated rings. The predicted molar refractivity (Wildman–Crippen MR) is 115 cm³/mol. The first-order valence-electron chi connectivity index (χ1n) is 9.88. The summed E-state index contributed by atoms with van der Waals surface area (Å²) in [7, 11) is 0. The molecule has 0 aliphatic carbocycles. The number of amides is 2. The number of halogens is 2. The van der Waals surface area contributed by atoms with Crippen LogP contribution in [0.4, 0.5) is 0 Å². The maximum Gasteiger partial charge on any atom is 0.254 e. The Hall–Kier alpha value is -2.44. The fourth-order valence-corrected chi connectivity index (χ4v) is 4.70. The molecule has 8 heteroatoms. The van der Waals surface area contributed by atoms with Crippen molar-refractivity contribution in [3.8, 4) is 11.5 Å². The van der Waals surface area contributed by atoms with E-state index in [0.717, 1.165) is 12.0 Å². The lowest BCUT2D eigenvalue weighted by Gasteiger charge is -2.25. The summed E-state index contributed by atoms with van der Waals surface area (Å²) in [6.07, 6.45) is 1.41. The molecule has 2 heterocycles. The zero-order valence-electron chi connectivity index (χ0n) is 16.5. The Morgan fingerprint density at radius 1 is 1.17 bits per heavy atom. The number of carbonyl (C=O) groups is 2. The van der Waals surface area contributed by atoms with E-state index in [9.17, 15) is 9.59 Å². The number of hydrogen-bond acceptors (Lipinski definition) is 4. The second kappa shape index (κ2) is 8.74. The summed E-state index contributed by atoms with van der Waals surface area (Å²) < 4.78 is 10.7. The summed E-state index contributed by atoms with van der Waals surface area (Å²) in [4.78, 5) is 27.5. The monoisotopic (exact) mass is 448 g/mol. The van der Waals surface area contributed by atoms with Gasteiger partial charge in [0.25, 0.3) is 5.91 Å². The van der Waals surface area contributed by atoms with E-state index in [1.54, 1.807) is 41.3 Å². The van der Waals surface area contributed by atoms with Gasteiger partial charge in [0.15, 0.2) is 11.5 Å². The highest BCUT2D eigenvalue weighted by Gasteiger charge is 2.35. The summed E-state index contributed by atoms with van der Waals surface area (Å²) >= 11 is 12.5. The van der Waals surface area contributed by atoms with Gasteiger partial charge in [0, 0.05) is 34.6 Å². The molecule has 2 aromatic rings. The van der Waals surface area contributed by atoms with Crippen molar-refractivity contribution in [1.82, 2.24) is 10.2 Å². The van der Waals surface area contributed by atoms with E-state index in [2.05, 4.69) is 5.32 Å². The van der Waals surface area contributed by atoms with Crippen molar-refractivity contribution < 1.29 is 19.1 Å². The highest BCUT2D eigenvalue weighted by Crippen LogP contribution is 2.34. The third-order valence-corrected chi connectivity index (χ3v) is 6.17. The van der Waals surface area contributed by atoms with E-state index in [0.29, 0.717) is 46.6 Å². The van der Waals surface area contributed by atoms with Crippen LogP contribution in [-0.4, -0.2) is 42.6 Å². The van der Waals surface area contributed by atoms with Gasteiger partial charge < -0.3 is 19.7 Å². The van der Waals surface area contributed by atoms with Gasteiger partial charge in [-0.2, -0.15) is 0 Å². The molecule has 6 nitrogen and oxygen atoms in total. The molecule has 2 aromatic carbocycles. The van der Waals surface area contributed by atoms with Crippen LogP contribution in [0.1, 0.15) is 41.6 Å². The fraction of sp³-hybridized carbons (Fsp3) is 0.364. The molecule has 2 amide bonds. The molecule has 0 radical (unpaired) electrons. The van der Waals surface area contributed by atoms with Gasteiger partial charge in [-0.05, 0) is 48.7 Å². The molecule has 4 rings (SSSR count). The minimum absolute atomic E-state index is 0.0606. The predicted octanol–water partition coefficient (Wildman–Crippen LogP) is 4.25. The van der Waals surface area contributed by atoms with Crippen LogP contribution >= 0.6 is 23.2 Å². The van der Waals surface area contributed by atoms with Crippen LogP contribution in [0.25, 0.3) is 0 Å². The lowest BCUT2D eigenvalue weighted by atomic mass is 10.0. The van der Waals surface area contributed by atoms with Crippen molar-refractivity contribution in [2.75, 3.05) is 19.9 Å². The van der Waals surface area contributed by atoms with E-state index in [1.165, 1.54) is 0 Å². The molecule has 0 saturated carbocycles. The standard InChI is InChI=1S/C22H22Cl2N2O4/c1-13(20-15(23)4-2-5-16(20)24)11-25-21(27)17-6-3-9-26(17)22(28)14-7-8-18-19(10-14)30-12-29-18/h2,4-5,7-8,10,13,17H,3,6,9,11-12H2,1H3,(H,25,27). The van der Waals surface area contributed by atoms with E-state index in [-0.39, 0.29) is 24.5 Å². The van der Waals surface area contributed by atoms with Crippen molar-refractivity contribution >= 4 is 35.0 Å². The van der Waals surface area contributed by atoms with Gasteiger partial charge in [-0.25, -0.2) is 0 Å². The average Bonchev–Trinajstić information content (AvgIpc) is 3.40. The molecule has 0 spiro atoms. The van der Waals surface area contributed by atoms with E-state index >= 15 is 0 Å². The number of ether oxygens (including phenoxy) is 2. The quantitative estimate of drug-likeness (QED) is 0.742. The van der Waals surface area contributed by atoms with Crippen LogP contribution in [-0.2, 0) is 4.79 Å². The molecule has 0 aromatic heterocycles. The van der Waals surface area contributed by atoms with Gasteiger partial charge in [-0.1, -0.05) is 36.2 Å². The van der Waals surface area contributed by atoms with Gasteiger partial charge in [-0.3, -0.25) is 9.59 Å². The SMILES string of the molecule is CC(CNC(=O)C1CCCN1C(=O)c1ccc2c(c1)OCO2)c1c(Cl)cccc1Cl. The maximum atomic E-state index is 13.0. The lowest BCUT2D eigenvalue weighted by Crippen LogP contribution is -2.46. The number of nitrogens with zero attached hydrogens (tertiary/aromatic N) is 1. The molecule has 30 heavy (non-hydrogen) atoms. The molecule has 2 unspecified atom stereocenters. The zero-order valence-corrected chi connectivity index (χ0v) is 18.0. The average molecular weight is 449 g/mol. The van der Waals surface area contributed by atoms with Gasteiger partial charge in [0.05, 0.1) is 0 Å². The summed E-state index contributed by atoms with van der Waals surface area (Å²) in [5.74, 6) is 0.750. The van der Waals surface area contributed by atoms with Crippen molar-refractivity contribution in [2.45, 2.75) is 31.7 Å². The third-order valence-electron chi connectivity index (χ3n) is 5.51. The van der Waals surface area contributed by atoms with Crippen LogP contribution < -0.4 is 14.8 Å². The van der Waals surface area contributed by atoms with E-state index in [1.807, 2.05) is 6.92 Å². The molecule has 2 atom stereocenters. The van der Waals surface area contributed by atoms with Gasteiger partial charge in [-0.15, -0.1) is 0 Å².